The van der Waals surface area contributed by atoms with E-state index in [-0.39, 0.29) is 19.6 Å². The van der Waals surface area contributed by atoms with Gasteiger partial charge in [0.15, 0.2) is 0 Å². The molecule has 0 aromatic heterocycles. The smallest absolute Gasteiger partial charge is 0.323 e. The van der Waals surface area contributed by atoms with E-state index in [2.05, 4.69) is 9.47 Å². The summed E-state index contributed by atoms with van der Waals surface area (Å²) in [5, 5.41) is 0. The quantitative estimate of drug-likeness (QED) is 0.449. The molecular formula is C6H9NO4. The molecule has 1 aliphatic rings. The van der Waals surface area contributed by atoms with E-state index in [0.29, 0.717) is 0 Å². The van der Waals surface area contributed by atoms with Gasteiger partial charge in [-0.05, 0) is 0 Å². The van der Waals surface area contributed by atoms with Crippen LogP contribution in [0.4, 0.5) is 0 Å². The summed E-state index contributed by atoms with van der Waals surface area (Å²) in [6.07, 6.45) is -0.0984. The Hall–Kier alpha value is -1.10. The fraction of sp³-hybridized carbons (Fsp3) is 0.667. The lowest BCUT2D eigenvalue weighted by Gasteiger charge is -2.14. The number of hydrogen-bond donors (Lipinski definition) is 1. The van der Waals surface area contributed by atoms with Crippen LogP contribution in [0.2, 0.25) is 0 Å². The first-order chi connectivity index (χ1) is 5.20. The third-order valence-electron chi connectivity index (χ3n) is 1.28. The number of ether oxygens (including phenoxy) is 2. The van der Waals surface area contributed by atoms with Gasteiger partial charge in [0.25, 0.3) is 0 Å². The Morgan fingerprint density at radius 1 is 1.27 bits per heavy atom. The third kappa shape index (κ3) is 2.19. The number of rotatable bonds is 0. The van der Waals surface area contributed by atoms with E-state index in [1.807, 2.05) is 0 Å². The standard InChI is InChI=1S/C6H9NO4/c7-4-3-5(8)10-1-2-11-6(4)9/h4H,1-3,7H2. The molecule has 0 aromatic carbocycles. The van der Waals surface area contributed by atoms with Gasteiger partial charge >= 0.3 is 11.9 Å². The number of nitrogens with two attached hydrogens (primary N) is 1. The van der Waals surface area contributed by atoms with Crippen LogP contribution in [-0.2, 0) is 19.1 Å². The molecule has 1 atom stereocenters. The van der Waals surface area contributed by atoms with Crippen LogP contribution < -0.4 is 5.73 Å². The molecule has 0 bridgehead atoms. The second kappa shape index (κ2) is 3.34. The van der Waals surface area contributed by atoms with Crippen molar-refractivity contribution in [3.8, 4) is 0 Å². The molecule has 0 aromatic rings. The van der Waals surface area contributed by atoms with Gasteiger partial charge in [0.1, 0.15) is 19.3 Å². The highest BCUT2D eigenvalue weighted by Gasteiger charge is 2.21. The molecule has 62 valence electrons. The van der Waals surface area contributed by atoms with Crippen molar-refractivity contribution in [3.05, 3.63) is 0 Å². The van der Waals surface area contributed by atoms with E-state index in [1.165, 1.54) is 0 Å². The van der Waals surface area contributed by atoms with E-state index in [4.69, 9.17) is 5.73 Å². The van der Waals surface area contributed by atoms with Crippen molar-refractivity contribution in [2.75, 3.05) is 13.2 Å². The fourth-order valence-electron chi connectivity index (χ4n) is 0.727. The number of hydrogen-bond acceptors (Lipinski definition) is 5. The van der Waals surface area contributed by atoms with Crippen molar-refractivity contribution < 1.29 is 19.1 Å². The number of esters is 2. The van der Waals surface area contributed by atoms with Gasteiger partial charge < -0.3 is 15.2 Å². The zero-order valence-corrected chi connectivity index (χ0v) is 5.91. The molecule has 2 N–H and O–H groups in total. The highest BCUT2D eigenvalue weighted by atomic mass is 16.6. The first-order valence-corrected chi connectivity index (χ1v) is 3.28. The lowest BCUT2D eigenvalue weighted by atomic mass is 10.2. The van der Waals surface area contributed by atoms with Crippen molar-refractivity contribution in [3.63, 3.8) is 0 Å². The lowest BCUT2D eigenvalue weighted by Crippen LogP contribution is -2.37. The zero-order valence-electron chi connectivity index (χ0n) is 5.91. The molecule has 1 fully saturated rings. The Labute approximate surface area is 63.4 Å². The molecule has 1 unspecified atom stereocenters. The number of carbonyl (C=O) groups excluding carboxylic acids is 2. The Morgan fingerprint density at radius 2 is 1.91 bits per heavy atom. The topological polar surface area (TPSA) is 78.6 Å². The van der Waals surface area contributed by atoms with E-state index in [1.54, 1.807) is 0 Å². The largest absolute Gasteiger partial charge is 0.462 e. The zero-order chi connectivity index (χ0) is 8.27. The van der Waals surface area contributed by atoms with Gasteiger partial charge in [-0.3, -0.25) is 9.59 Å². The van der Waals surface area contributed by atoms with Gasteiger partial charge in [-0.25, -0.2) is 0 Å². The van der Waals surface area contributed by atoms with Crippen LogP contribution in [-0.4, -0.2) is 31.2 Å². The predicted molar refractivity (Wildman–Crippen MR) is 34.5 cm³/mol. The summed E-state index contributed by atoms with van der Waals surface area (Å²) in [4.78, 5) is 21.4. The van der Waals surface area contributed by atoms with Crippen LogP contribution in [0.1, 0.15) is 6.42 Å². The van der Waals surface area contributed by atoms with Crippen LogP contribution in [0.3, 0.4) is 0 Å². The average molecular weight is 159 g/mol. The number of carbonyl (C=O) groups is 2. The molecule has 1 rings (SSSR count). The van der Waals surface area contributed by atoms with E-state index >= 15 is 0 Å². The van der Waals surface area contributed by atoms with Crippen LogP contribution in [0.5, 0.6) is 0 Å². The minimum absolute atomic E-state index is 0.0955. The fourth-order valence-corrected chi connectivity index (χ4v) is 0.727. The van der Waals surface area contributed by atoms with Crippen molar-refractivity contribution in [2.45, 2.75) is 12.5 Å². The van der Waals surface area contributed by atoms with Crippen molar-refractivity contribution >= 4 is 11.9 Å². The van der Waals surface area contributed by atoms with Crippen LogP contribution >= 0.6 is 0 Å². The van der Waals surface area contributed by atoms with Crippen molar-refractivity contribution in [2.24, 2.45) is 5.73 Å². The summed E-state index contributed by atoms with van der Waals surface area (Å²) in [7, 11) is 0. The summed E-state index contributed by atoms with van der Waals surface area (Å²) in [6.45, 7) is 0.218. The maximum Gasteiger partial charge on any atom is 0.323 e. The SMILES string of the molecule is NC1CC(=O)OCCOC1=O. The van der Waals surface area contributed by atoms with Gasteiger partial charge in [-0.15, -0.1) is 0 Å². The lowest BCUT2D eigenvalue weighted by molar-refractivity contribution is -0.159. The Morgan fingerprint density at radius 3 is 2.64 bits per heavy atom. The maximum atomic E-state index is 10.8. The molecule has 0 amide bonds. The highest BCUT2D eigenvalue weighted by Crippen LogP contribution is 1.98. The summed E-state index contributed by atoms with van der Waals surface area (Å²) >= 11 is 0. The summed E-state index contributed by atoms with van der Waals surface area (Å²) in [5.41, 5.74) is 5.26. The first-order valence-electron chi connectivity index (χ1n) is 3.28. The Kier molecular flexibility index (Phi) is 2.43. The summed E-state index contributed by atoms with van der Waals surface area (Å²) in [6, 6.07) is -0.872. The minimum atomic E-state index is -0.872. The van der Waals surface area contributed by atoms with Crippen molar-refractivity contribution in [1.82, 2.24) is 0 Å². The third-order valence-corrected chi connectivity index (χ3v) is 1.28. The molecule has 1 heterocycles. The highest BCUT2D eigenvalue weighted by molar-refractivity contribution is 5.82. The van der Waals surface area contributed by atoms with Crippen LogP contribution in [0.25, 0.3) is 0 Å². The van der Waals surface area contributed by atoms with E-state index in [9.17, 15) is 9.59 Å². The van der Waals surface area contributed by atoms with E-state index < -0.39 is 18.0 Å². The van der Waals surface area contributed by atoms with Crippen molar-refractivity contribution in [1.29, 1.82) is 0 Å². The second-order valence-electron chi connectivity index (χ2n) is 2.20. The van der Waals surface area contributed by atoms with Gasteiger partial charge in [0.2, 0.25) is 0 Å². The first kappa shape index (κ1) is 8.00. The molecule has 5 nitrogen and oxygen atoms in total. The van der Waals surface area contributed by atoms with Crippen LogP contribution in [0, 0.1) is 0 Å². The maximum absolute atomic E-state index is 10.8. The molecule has 1 aliphatic heterocycles. The molecule has 1 saturated heterocycles. The van der Waals surface area contributed by atoms with Gasteiger partial charge in [0, 0.05) is 0 Å². The Bertz CT molecular complexity index is 179. The Balaban J connectivity index is 2.51. The minimum Gasteiger partial charge on any atom is -0.462 e. The molecule has 0 spiro atoms. The van der Waals surface area contributed by atoms with Gasteiger partial charge in [-0.1, -0.05) is 0 Å². The molecule has 0 radical (unpaired) electrons. The molecular weight excluding hydrogens is 150 g/mol. The normalized spacial score (nSPS) is 26.5. The summed E-state index contributed by atoms with van der Waals surface area (Å²) in [5.74, 6) is -0.990. The molecule has 0 aliphatic carbocycles. The van der Waals surface area contributed by atoms with Crippen LogP contribution in [0.15, 0.2) is 0 Å². The monoisotopic (exact) mass is 159 g/mol. The molecule has 11 heavy (non-hydrogen) atoms. The number of cyclic esters (lactones) is 2. The summed E-state index contributed by atoms with van der Waals surface area (Å²) < 4.78 is 9.21. The predicted octanol–water partition coefficient (Wildman–Crippen LogP) is -1.20. The second-order valence-corrected chi connectivity index (χ2v) is 2.20. The van der Waals surface area contributed by atoms with Gasteiger partial charge in [0.05, 0.1) is 6.42 Å². The van der Waals surface area contributed by atoms with E-state index in [0.717, 1.165) is 0 Å². The average Bonchev–Trinajstić information content (AvgIpc) is 1.95. The molecule has 5 heteroatoms. The van der Waals surface area contributed by atoms with Gasteiger partial charge in [-0.2, -0.15) is 0 Å². The molecule has 0 saturated carbocycles.